The first-order valence-electron chi connectivity index (χ1n) is 5.51. The molecule has 2 heterocycles. The van der Waals surface area contributed by atoms with Gasteiger partial charge in [0.15, 0.2) is 17.5 Å². The molecule has 0 spiro atoms. The molecule has 0 unspecified atom stereocenters. The van der Waals surface area contributed by atoms with Gasteiger partial charge < -0.3 is 5.32 Å². The molecule has 20 heavy (non-hydrogen) atoms. The molecule has 0 aliphatic rings. The van der Waals surface area contributed by atoms with Crippen molar-refractivity contribution in [1.29, 1.82) is 0 Å². The fourth-order valence-corrected chi connectivity index (χ4v) is 1.73. The average Bonchev–Trinajstić information content (AvgIpc) is 2.97. The van der Waals surface area contributed by atoms with Crippen molar-refractivity contribution in [3.05, 3.63) is 41.6 Å². The van der Waals surface area contributed by atoms with Crippen molar-refractivity contribution < 1.29 is 4.39 Å². The fourth-order valence-electron chi connectivity index (χ4n) is 1.60. The minimum Gasteiger partial charge on any atom is -0.338 e. The molecule has 100 valence electrons. The van der Waals surface area contributed by atoms with Crippen LogP contribution in [-0.4, -0.2) is 30.6 Å². The first kappa shape index (κ1) is 12.4. The largest absolute Gasteiger partial charge is 0.338 e. The van der Waals surface area contributed by atoms with Crippen molar-refractivity contribution in [2.75, 3.05) is 5.32 Å². The summed E-state index contributed by atoms with van der Waals surface area (Å²) in [4.78, 5) is 7.33. The number of aromatic amines is 1. The second-order valence-corrected chi connectivity index (χ2v) is 4.13. The summed E-state index contributed by atoms with van der Waals surface area (Å²) in [6.07, 6.45) is 1.00. The Morgan fingerprint density at radius 2 is 2.20 bits per heavy atom. The predicted octanol–water partition coefficient (Wildman–Crippen LogP) is 2.19. The van der Waals surface area contributed by atoms with E-state index in [0.29, 0.717) is 11.5 Å². The van der Waals surface area contributed by atoms with E-state index in [4.69, 9.17) is 11.6 Å². The summed E-state index contributed by atoms with van der Waals surface area (Å²) in [5, 5.41) is 16.2. The zero-order valence-electron chi connectivity index (χ0n) is 9.88. The van der Waals surface area contributed by atoms with Crippen LogP contribution < -0.4 is 5.32 Å². The highest BCUT2D eigenvalue weighted by atomic mass is 35.5. The Labute approximate surface area is 117 Å². The summed E-state index contributed by atoms with van der Waals surface area (Å²) >= 11 is 5.64. The van der Waals surface area contributed by atoms with E-state index < -0.39 is 5.82 Å². The maximum absolute atomic E-state index is 13.5. The van der Waals surface area contributed by atoms with Gasteiger partial charge in [0.05, 0.1) is 6.20 Å². The quantitative estimate of drug-likeness (QED) is 0.719. The molecule has 0 radical (unpaired) electrons. The maximum Gasteiger partial charge on any atom is 0.224 e. The number of nitrogens with zero attached hydrogens (tertiary/aromatic N) is 5. The third kappa shape index (κ3) is 2.54. The molecule has 1 aromatic carbocycles. The molecular formula is C11H7ClFN7. The molecule has 0 atom stereocenters. The third-order valence-corrected chi connectivity index (χ3v) is 2.64. The van der Waals surface area contributed by atoms with Crippen LogP contribution in [0.2, 0.25) is 5.28 Å². The second-order valence-electron chi connectivity index (χ2n) is 3.79. The Morgan fingerprint density at radius 3 is 3.00 bits per heavy atom. The van der Waals surface area contributed by atoms with Gasteiger partial charge in [0, 0.05) is 11.3 Å². The van der Waals surface area contributed by atoms with Crippen molar-refractivity contribution in [3.8, 4) is 11.4 Å². The molecule has 0 aliphatic carbocycles. The van der Waals surface area contributed by atoms with Crippen molar-refractivity contribution in [2.24, 2.45) is 0 Å². The number of tetrazole rings is 1. The summed E-state index contributed by atoms with van der Waals surface area (Å²) < 4.78 is 13.5. The summed E-state index contributed by atoms with van der Waals surface area (Å²) in [6, 6.07) is 7.10. The number of nitrogens with one attached hydrogen (secondary N) is 2. The maximum atomic E-state index is 13.5. The van der Waals surface area contributed by atoms with Crippen molar-refractivity contribution >= 4 is 23.1 Å². The van der Waals surface area contributed by atoms with Crippen LogP contribution in [0.5, 0.6) is 0 Å². The van der Waals surface area contributed by atoms with Crippen molar-refractivity contribution in [2.45, 2.75) is 0 Å². The molecule has 0 bridgehead atoms. The van der Waals surface area contributed by atoms with Crippen LogP contribution in [0.25, 0.3) is 11.4 Å². The molecule has 3 rings (SSSR count). The van der Waals surface area contributed by atoms with Gasteiger partial charge in [-0.3, -0.25) is 0 Å². The predicted molar refractivity (Wildman–Crippen MR) is 69.9 cm³/mol. The average molecular weight is 292 g/mol. The van der Waals surface area contributed by atoms with Gasteiger partial charge in [-0.1, -0.05) is 12.1 Å². The molecular weight excluding hydrogens is 285 g/mol. The lowest BCUT2D eigenvalue weighted by Gasteiger charge is -2.07. The van der Waals surface area contributed by atoms with E-state index in [1.165, 1.54) is 0 Å². The van der Waals surface area contributed by atoms with Crippen LogP contribution in [0.1, 0.15) is 0 Å². The number of anilines is 2. The SMILES string of the molecule is Fc1cnc(Cl)nc1Nc1cccc(-c2nnn[nH]2)c1. The van der Waals surface area contributed by atoms with Gasteiger partial charge in [-0.05, 0) is 34.2 Å². The van der Waals surface area contributed by atoms with Gasteiger partial charge in [0.1, 0.15) is 0 Å². The zero-order chi connectivity index (χ0) is 13.9. The van der Waals surface area contributed by atoms with E-state index in [1.54, 1.807) is 18.2 Å². The Morgan fingerprint density at radius 1 is 1.30 bits per heavy atom. The van der Waals surface area contributed by atoms with Gasteiger partial charge in [-0.15, -0.1) is 5.10 Å². The monoisotopic (exact) mass is 291 g/mol. The molecule has 0 saturated heterocycles. The standard InChI is InChI=1S/C11H7ClFN7/c12-11-14-5-8(13)10(16-11)15-7-3-1-2-6(4-7)9-17-19-20-18-9/h1-5H,(H,14,15,16)(H,17,18,19,20). The Bertz CT molecular complexity index is 731. The number of rotatable bonds is 3. The van der Waals surface area contributed by atoms with Crippen LogP contribution >= 0.6 is 11.6 Å². The lowest BCUT2D eigenvalue weighted by Crippen LogP contribution is -1.99. The third-order valence-electron chi connectivity index (χ3n) is 2.46. The van der Waals surface area contributed by atoms with Crippen LogP contribution in [0.4, 0.5) is 15.9 Å². The summed E-state index contributed by atoms with van der Waals surface area (Å²) in [5.74, 6) is -0.0891. The van der Waals surface area contributed by atoms with Crippen LogP contribution in [0, 0.1) is 5.82 Å². The first-order valence-corrected chi connectivity index (χ1v) is 5.89. The molecule has 0 aliphatic heterocycles. The van der Waals surface area contributed by atoms with Crippen molar-refractivity contribution in [1.82, 2.24) is 30.6 Å². The number of H-pyrrole nitrogens is 1. The molecule has 0 fully saturated rings. The highest BCUT2D eigenvalue weighted by Crippen LogP contribution is 2.22. The van der Waals surface area contributed by atoms with E-state index in [9.17, 15) is 4.39 Å². The second kappa shape index (κ2) is 5.17. The van der Waals surface area contributed by atoms with Gasteiger partial charge in [0.2, 0.25) is 5.28 Å². The summed E-state index contributed by atoms with van der Waals surface area (Å²) in [6.45, 7) is 0. The van der Waals surface area contributed by atoms with E-state index in [2.05, 4.69) is 35.9 Å². The van der Waals surface area contributed by atoms with Crippen molar-refractivity contribution in [3.63, 3.8) is 0 Å². The first-order chi connectivity index (χ1) is 9.72. The molecule has 9 heteroatoms. The van der Waals surface area contributed by atoms with Gasteiger partial charge in [-0.25, -0.2) is 14.5 Å². The fraction of sp³-hybridized carbons (Fsp3) is 0. The molecule has 0 amide bonds. The van der Waals surface area contributed by atoms with Gasteiger partial charge in [-0.2, -0.15) is 4.98 Å². The minimum atomic E-state index is -0.596. The van der Waals surface area contributed by atoms with Crippen LogP contribution in [0.15, 0.2) is 30.5 Å². The number of benzene rings is 1. The highest BCUT2D eigenvalue weighted by molar-refractivity contribution is 6.28. The van der Waals surface area contributed by atoms with E-state index in [0.717, 1.165) is 11.8 Å². The molecule has 3 aromatic rings. The van der Waals surface area contributed by atoms with E-state index in [1.807, 2.05) is 6.07 Å². The topological polar surface area (TPSA) is 92.3 Å². The van der Waals surface area contributed by atoms with Gasteiger partial charge in [0.25, 0.3) is 0 Å². The van der Waals surface area contributed by atoms with Gasteiger partial charge >= 0.3 is 0 Å². The van der Waals surface area contributed by atoms with E-state index in [-0.39, 0.29) is 11.1 Å². The Kier molecular flexibility index (Phi) is 3.21. The van der Waals surface area contributed by atoms with Crippen LogP contribution in [-0.2, 0) is 0 Å². The normalized spacial score (nSPS) is 10.5. The molecule has 2 N–H and O–H groups in total. The smallest absolute Gasteiger partial charge is 0.224 e. The number of hydrogen-bond donors (Lipinski definition) is 2. The summed E-state index contributed by atoms with van der Waals surface area (Å²) in [7, 11) is 0. The van der Waals surface area contributed by atoms with Crippen LogP contribution in [0.3, 0.4) is 0 Å². The minimum absolute atomic E-state index is 0.00200. The van der Waals surface area contributed by atoms with E-state index >= 15 is 0 Å². The number of aromatic nitrogens is 6. The highest BCUT2D eigenvalue weighted by Gasteiger charge is 2.08. The lowest BCUT2D eigenvalue weighted by atomic mass is 10.2. The number of hydrogen-bond acceptors (Lipinski definition) is 6. The molecule has 7 nitrogen and oxygen atoms in total. The molecule has 0 saturated carbocycles. The lowest BCUT2D eigenvalue weighted by molar-refractivity contribution is 0.619. The summed E-state index contributed by atoms with van der Waals surface area (Å²) in [5.41, 5.74) is 1.37. The Hall–Kier alpha value is -2.61. The molecule has 2 aromatic heterocycles. The number of halogens is 2. The zero-order valence-corrected chi connectivity index (χ0v) is 10.6. The Balaban J connectivity index is 1.91.